The third kappa shape index (κ3) is 7.11. The molecule has 0 bridgehead atoms. The van der Waals surface area contributed by atoms with Crippen molar-refractivity contribution < 1.29 is 33.0 Å². The van der Waals surface area contributed by atoms with Crippen LogP contribution in [0.15, 0.2) is 41.3 Å². The second kappa shape index (κ2) is 12.4. The predicted molar refractivity (Wildman–Crippen MR) is 126 cm³/mol. The number of ether oxygens (including phenoxy) is 1. The summed E-state index contributed by atoms with van der Waals surface area (Å²) in [6.45, 7) is 1.94. The number of sulfonamides is 1. The van der Waals surface area contributed by atoms with Gasteiger partial charge in [0.15, 0.2) is 0 Å². The van der Waals surface area contributed by atoms with Crippen LogP contribution in [-0.4, -0.2) is 78.6 Å². The maximum Gasteiger partial charge on any atom is 0.303 e. The van der Waals surface area contributed by atoms with Crippen molar-refractivity contribution in [2.24, 2.45) is 0 Å². The average molecular weight is 495 g/mol. The standard InChI is InChI=1S/C24H34N2O7S/c27-22(19-6-5-7-21(18-19)34(31,32)25-14-16-33-17-15-25)11-9-20-10-12-23(28)26(20)13-4-2-1-3-8-24(29)30/h5-7,9,11,18,20,22,27H,1-4,8,10,12-17H2,(H,29,30)/t20?,22-/m1/s1. The third-order valence-electron chi connectivity index (χ3n) is 6.24. The SMILES string of the molecule is O=C(O)CCCCCCN1C(=O)CCC1C=C[C@@H](O)c1cccc(S(=O)(=O)N2CCOCC2)c1. The first-order valence-corrected chi connectivity index (χ1v) is 13.3. The van der Waals surface area contributed by atoms with E-state index >= 15 is 0 Å². The van der Waals surface area contributed by atoms with Crippen LogP contribution in [0.4, 0.5) is 0 Å². The van der Waals surface area contributed by atoms with E-state index in [1.54, 1.807) is 23.1 Å². The molecular formula is C24H34N2O7S. The Kier molecular flexibility index (Phi) is 9.63. The summed E-state index contributed by atoms with van der Waals surface area (Å²) in [6.07, 6.45) is 6.86. The van der Waals surface area contributed by atoms with E-state index in [2.05, 4.69) is 0 Å². The van der Waals surface area contributed by atoms with Crippen molar-refractivity contribution in [3.8, 4) is 0 Å². The van der Waals surface area contributed by atoms with E-state index in [1.165, 1.54) is 16.4 Å². The Hall–Kier alpha value is -2.27. The number of unbranched alkanes of at least 4 members (excludes halogenated alkanes) is 3. The summed E-state index contributed by atoms with van der Waals surface area (Å²) < 4.78 is 32.4. The molecule has 2 atom stereocenters. The van der Waals surface area contributed by atoms with E-state index in [1.807, 2.05) is 6.08 Å². The van der Waals surface area contributed by atoms with Crippen molar-refractivity contribution >= 4 is 21.9 Å². The van der Waals surface area contributed by atoms with Crippen molar-refractivity contribution in [2.45, 2.75) is 62.0 Å². The molecule has 3 rings (SSSR count). The van der Waals surface area contributed by atoms with Gasteiger partial charge in [0.1, 0.15) is 0 Å². The molecule has 34 heavy (non-hydrogen) atoms. The monoisotopic (exact) mass is 494 g/mol. The minimum atomic E-state index is -3.65. The van der Waals surface area contributed by atoms with Gasteiger partial charge < -0.3 is 19.8 Å². The lowest BCUT2D eigenvalue weighted by Gasteiger charge is -2.26. The number of carbonyl (C=O) groups excluding carboxylic acids is 1. The van der Waals surface area contributed by atoms with E-state index in [4.69, 9.17) is 9.84 Å². The zero-order chi connectivity index (χ0) is 24.6. The molecule has 1 amide bonds. The fourth-order valence-electron chi connectivity index (χ4n) is 4.30. The summed E-state index contributed by atoms with van der Waals surface area (Å²) >= 11 is 0. The molecule has 2 saturated heterocycles. The molecule has 2 fully saturated rings. The van der Waals surface area contributed by atoms with E-state index in [-0.39, 0.29) is 23.3 Å². The number of morpholine rings is 1. The first-order valence-electron chi connectivity index (χ1n) is 11.8. The lowest BCUT2D eigenvalue weighted by molar-refractivity contribution is -0.137. The molecule has 2 aliphatic heterocycles. The van der Waals surface area contributed by atoms with Crippen LogP contribution in [0.5, 0.6) is 0 Å². The van der Waals surface area contributed by atoms with Crippen LogP contribution >= 0.6 is 0 Å². The molecular weight excluding hydrogens is 460 g/mol. The van der Waals surface area contributed by atoms with Gasteiger partial charge in [0, 0.05) is 32.5 Å². The Morgan fingerprint density at radius 2 is 1.91 bits per heavy atom. The third-order valence-corrected chi connectivity index (χ3v) is 8.13. The zero-order valence-electron chi connectivity index (χ0n) is 19.3. The van der Waals surface area contributed by atoms with Crippen LogP contribution in [0.25, 0.3) is 0 Å². The summed E-state index contributed by atoms with van der Waals surface area (Å²) in [5, 5.41) is 19.4. The second-order valence-electron chi connectivity index (χ2n) is 8.67. The molecule has 1 unspecified atom stereocenters. The smallest absolute Gasteiger partial charge is 0.303 e. The molecule has 0 spiro atoms. The van der Waals surface area contributed by atoms with Gasteiger partial charge in [-0.25, -0.2) is 8.42 Å². The Labute approximate surface area is 201 Å². The number of rotatable bonds is 12. The van der Waals surface area contributed by atoms with Crippen molar-refractivity contribution in [3.05, 3.63) is 42.0 Å². The Balaban J connectivity index is 1.57. The first kappa shape index (κ1) is 26.3. The van der Waals surface area contributed by atoms with E-state index in [9.17, 15) is 23.1 Å². The number of aliphatic hydroxyl groups excluding tert-OH is 1. The molecule has 10 heteroatoms. The second-order valence-corrected chi connectivity index (χ2v) is 10.6. The highest BCUT2D eigenvalue weighted by atomic mass is 32.2. The van der Waals surface area contributed by atoms with Crippen molar-refractivity contribution in [1.82, 2.24) is 9.21 Å². The lowest BCUT2D eigenvalue weighted by atomic mass is 10.1. The van der Waals surface area contributed by atoms with Gasteiger partial charge in [0.05, 0.1) is 30.3 Å². The van der Waals surface area contributed by atoms with Gasteiger partial charge in [0.2, 0.25) is 15.9 Å². The molecule has 2 aliphatic rings. The van der Waals surface area contributed by atoms with Gasteiger partial charge in [-0.1, -0.05) is 37.1 Å². The predicted octanol–water partition coefficient (Wildman–Crippen LogP) is 2.32. The van der Waals surface area contributed by atoms with Gasteiger partial charge in [0.25, 0.3) is 0 Å². The van der Waals surface area contributed by atoms with E-state index < -0.39 is 22.1 Å². The Bertz CT molecular complexity index is 973. The number of carbonyl (C=O) groups is 2. The number of carboxylic acids is 1. The lowest BCUT2D eigenvalue weighted by Crippen LogP contribution is -2.40. The van der Waals surface area contributed by atoms with E-state index in [0.717, 1.165) is 19.3 Å². The number of carboxylic acid groups (broad SMARTS) is 1. The number of benzene rings is 1. The maximum absolute atomic E-state index is 12.9. The first-order chi connectivity index (χ1) is 16.3. The Morgan fingerprint density at radius 1 is 1.18 bits per heavy atom. The molecule has 0 aromatic heterocycles. The molecule has 1 aromatic rings. The molecule has 9 nitrogen and oxygen atoms in total. The molecule has 188 valence electrons. The molecule has 1 aromatic carbocycles. The Morgan fingerprint density at radius 3 is 2.65 bits per heavy atom. The van der Waals surface area contributed by atoms with Crippen LogP contribution < -0.4 is 0 Å². The molecule has 0 radical (unpaired) electrons. The molecule has 0 aliphatic carbocycles. The summed E-state index contributed by atoms with van der Waals surface area (Å²) in [6, 6.07) is 6.21. The van der Waals surface area contributed by atoms with Gasteiger partial charge in [-0.2, -0.15) is 4.31 Å². The minimum Gasteiger partial charge on any atom is -0.481 e. The summed E-state index contributed by atoms with van der Waals surface area (Å²) in [7, 11) is -3.65. The fourth-order valence-corrected chi connectivity index (χ4v) is 5.76. The summed E-state index contributed by atoms with van der Waals surface area (Å²) in [5.74, 6) is -0.712. The van der Waals surface area contributed by atoms with E-state index in [0.29, 0.717) is 57.7 Å². The van der Waals surface area contributed by atoms with Crippen LogP contribution in [0, 0.1) is 0 Å². The average Bonchev–Trinajstić information content (AvgIpc) is 3.19. The normalized spacial score (nSPS) is 20.8. The zero-order valence-corrected chi connectivity index (χ0v) is 20.2. The number of aliphatic hydroxyl groups is 1. The fraction of sp³-hybridized carbons (Fsp3) is 0.583. The number of aliphatic carboxylic acids is 1. The van der Waals surface area contributed by atoms with Gasteiger partial charge in [-0.3, -0.25) is 9.59 Å². The van der Waals surface area contributed by atoms with Crippen LogP contribution in [0.2, 0.25) is 0 Å². The summed E-state index contributed by atoms with van der Waals surface area (Å²) in [5.41, 5.74) is 0.472. The van der Waals surface area contributed by atoms with Crippen LogP contribution in [0.3, 0.4) is 0 Å². The van der Waals surface area contributed by atoms with Crippen LogP contribution in [-0.2, 0) is 24.3 Å². The highest BCUT2D eigenvalue weighted by molar-refractivity contribution is 7.89. The highest BCUT2D eigenvalue weighted by Gasteiger charge is 2.29. The maximum atomic E-state index is 12.9. The number of amides is 1. The highest BCUT2D eigenvalue weighted by Crippen LogP contribution is 2.25. The quantitative estimate of drug-likeness (QED) is 0.337. The summed E-state index contributed by atoms with van der Waals surface area (Å²) in [4.78, 5) is 24.8. The van der Waals surface area contributed by atoms with Crippen molar-refractivity contribution in [3.63, 3.8) is 0 Å². The van der Waals surface area contributed by atoms with Gasteiger partial charge in [-0.15, -0.1) is 0 Å². The van der Waals surface area contributed by atoms with Crippen molar-refractivity contribution in [2.75, 3.05) is 32.8 Å². The minimum absolute atomic E-state index is 0.0771. The number of hydrogen-bond acceptors (Lipinski definition) is 6. The van der Waals surface area contributed by atoms with Crippen LogP contribution in [0.1, 0.15) is 56.6 Å². The number of nitrogens with zero attached hydrogens (tertiary/aromatic N) is 2. The van der Waals surface area contributed by atoms with Gasteiger partial charge in [-0.05, 0) is 37.0 Å². The van der Waals surface area contributed by atoms with Gasteiger partial charge >= 0.3 is 5.97 Å². The molecule has 2 heterocycles. The largest absolute Gasteiger partial charge is 0.481 e. The number of hydrogen-bond donors (Lipinski definition) is 2. The van der Waals surface area contributed by atoms with Crippen molar-refractivity contribution in [1.29, 1.82) is 0 Å². The molecule has 0 saturated carbocycles. The molecule has 2 N–H and O–H groups in total. The number of likely N-dealkylation sites (tertiary alicyclic amines) is 1. The topological polar surface area (TPSA) is 124 Å².